The zero-order valence-electron chi connectivity index (χ0n) is 10.5. The Morgan fingerprint density at radius 3 is 3.22 bits per heavy atom. The van der Waals surface area contributed by atoms with Crippen molar-refractivity contribution in [1.82, 2.24) is 20.1 Å². The van der Waals surface area contributed by atoms with Crippen LogP contribution in [0.1, 0.15) is 10.7 Å². The van der Waals surface area contributed by atoms with Crippen molar-refractivity contribution in [2.45, 2.75) is 19.5 Å². The maximum Gasteiger partial charge on any atom is 0.164 e. The van der Waals surface area contributed by atoms with Crippen LogP contribution in [-0.4, -0.2) is 35.0 Å². The predicted octanol–water partition coefficient (Wildman–Crippen LogP) is 1.32. The van der Waals surface area contributed by atoms with E-state index < -0.39 is 0 Å². The Balaban J connectivity index is 1.72. The molecule has 6 heteroatoms. The highest BCUT2D eigenvalue weighted by molar-refractivity contribution is 7.09. The van der Waals surface area contributed by atoms with Gasteiger partial charge in [-0.3, -0.25) is 4.68 Å². The third kappa shape index (κ3) is 4.21. The standard InChI is InChI=1S/C12H18N4OS/c1-17-7-5-13-9-12-14-10-16(15-12)6-4-11-3-2-8-18-11/h2-3,8,10,13H,4-7,9H2,1H3. The summed E-state index contributed by atoms with van der Waals surface area (Å²) < 4.78 is 6.85. The summed E-state index contributed by atoms with van der Waals surface area (Å²) >= 11 is 1.78. The van der Waals surface area contributed by atoms with Crippen LogP contribution < -0.4 is 5.32 Å². The van der Waals surface area contributed by atoms with Crippen LogP contribution in [0.4, 0.5) is 0 Å². The van der Waals surface area contributed by atoms with Crippen LogP contribution in [0.2, 0.25) is 0 Å². The first-order valence-corrected chi connectivity index (χ1v) is 6.87. The first kappa shape index (κ1) is 13.2. The summed E-state index contributed by atoms with van der Waals surface area (Å²) in [5.74, 6) is 0.831. The van der Waals surface area contributed by atoms with E-state index in [1.807, 2.05) is 4.68 Å². The lowest BCUT2D eigenvalue weighted by molar-refractivity contribution is 0.199. The summed E-state index contributed by atoms with van der Waals surface area (Å²) in [7, 11) is 1.69. The second-order valence-electron chi connectivity index (χ2n) is 3.92. The lowest BCUT2D eigenvalue weighted by atomic mass is 10.3. The van der Waals surface area contributed by atoms with Crippen molar-refractivity contribution < 1.29 is 4.74 Å². The number of nitrogens with one attached hydrogen (secondary N) is 1. The molecule has 0 saturated heterocycles. The van der Waals surface area contributed by atoms with Gasteiger partial charge >= 0.3 is 0 Å². The zero-order chi connectivity index (χ0) is 12.6. The van der Waals surface area contributed by atoms with Gasteiger partial charge in [0.1, 0.15) is 6.33 Å². The van der Waals surface area contributed by atoms with Gasteiger partial charge in [-0.2, -0.15) is 5.10 Å². The molecule has 98 valence electrons. The molecule has 1 N–H and O–H groups in total. The smallest absolute Gasteiger partial charge is 0.164 e. The van der Waals surface area contributed by atoms with Gasteiger partial charge in [0, 0.05) is 31.5 Å². The Hall–Kier alpha value is -1.24. The second-order valence-corrected chi connectivity index (χ2v) is 4.96. The normalized spacial score (nSPS) is 10.9. The fourth-order valence-electron chi connectivity index (χ4n) is 1.58. The Labute approximate surface area is 111 Å². The van der Waals surface area contributed by atoms with E-state index in [1.165, 1.54) is 4.88 Å². The second kappa shape index (κ2) is 7.25. The molecule has 2 rings (SSSR count). The van der Waals surface area contributed by atoms with Crippen molar-refractivity contribution in [3.8, 4) is 0 Å². The van der Waals surface area contributed by atoms with Gasteiger partial charge in [-0.25, -0.2) is 4.98 Å². The Kier molecular flexibility index (Phi) is 5.32. The first-order valence-electron chi connectivity index (χ1n) is 5.99. The lowest BCUT2D eigenvalue weighted by Crippen LogP contribution is -2.19. The predicted molar refractivity (Wildman–Crippen MR) is 71.6 cm³/mol. The number of hydrogen-bond donors (Lipinski definition) is 1. The molecule has 0 unspecified atom stereocenters. The van der Waals surface area contributed by atoms with Gasteiger partial charge in [-0.15, -0.1) is 11.3 Å². The molecule has 0 aliphatic carbocycles. The lowest BCUT2D eigenvalue weighted by Gasteiger charge is -2.00. The van der Waals surface area contributed by atoms with E-state index >= 15 is 0 Å². The van der Waals surface area contributed by atoms with Crippen LogP contribution in [0.3, 0.4) is 0 Å². The van der Waals surface area contributed by atoms with Crippen molar-refractivity contribution in [2.24, 2.45) is 0 Å². The van der Waals surface area contributed by atoms with Crippen molar-refractivity contribution in [1.29, 1.82) is 0 Å². The summed E-state index contributed by atoms with van der Waals surface area (Å²) in [6, 6.07) is 4.22. The Morgan fingerprint density at radius 2 is 2.44 bits per heavy atom. The van der Waals surface area contributed by atoms with Crippen molar-refractivity contribution in [2.75, 3.05) is 20.3 Å². The third-order valence-electron chi connectivity index (χ3n) is 2.52. The van der Waals surface area contributed by atoms with Gasteiger partial charge in [0.05, 0.1) is 13.2 Å². The molecular weight excluding hydrogens is 248 g/mol. The highest BCUT2D eigenvalue weighted by Gasteiger charge is 2.01. The molecule has 0 radical (unpaired) electrons. The largest absolute Gasteiger partial charge is 0.383 e. The molecule has 0 aliphatic heterocycles. The highest BCUT2D eigenvalue weighted by atomic mass is 32.1. The average Bonchev–Trinajstić information content (AvgIpc) is 3.03. The molecular formula is C12H18N4OS. The highest BCUT2D eigenvalue weighted by Crippen LogP contribution is 2.09. The first-order chi connectivity index (χ1) is 8.88. The van der Waals surface area contributed by atoms with Crippen LogP contribution in [-0.2, 0) is 24.2 Å². The van der Waals surface area contributed by atoms with Gasteiger partial charge in [0.15, 0.2) is 5.82 Å². The maximum atomic E-state index is 4.96. The van der Waals surface area contributed by atoms with Gasteiger partial charge < -0.3 is 10.1 Å². The quantitative estimate of drug-likeness (QED) is 0.732. The van der Waals surface area contributed by atoms with Gasteiger partial charge in [0.2, 0.25) is 0 Å². The minimum absolute atomic E-state index is 0.690. The number of thiophene rings is 1. The molecule has 2 heterocycles. The summed E-state index contributed by atoms with van der Waals surface area (Å²) in [5, 5.41) is 9.74. The fraction of sp³-hybridized carbons (Fsp3) is 0.500. The topological polar surface area (TPSA) is 52.0 Å². The van der Waals surface area contributed by atoms with Crippen molar-refractivity contribution >= 4 is 11.3 Å². The molecule has 0 aliphatic rings. The number of hydrogen-bond acceptors (Lipinski definition) is 5. The molecule has 5 nitrogen and oxygen atoms in total. The van der Waals surface area contributed by atoms with Crippen LogP contribution >= 0.6 is 11.3 Å². The number of rotatable bonds is 8. The van der Waals surface area contributed by atoms with Crippen molar-refractivity contribution in [3.05, 3.63) is 34.5 Å². The van der Waals surface area contributed by atoms with E-state index in [2.05, 4.69) is 32.9 Å². The molecule has 0 amide bonds. The molecule has 2 aromatic rings. The summed E-state index contributed by atoms with van der Waals surface area (Å²) in [6.07, 6.45) is 2.80. The van der Waals surface area contributed by atoms with E-state index in [0.717, 1.165) is 25.3 Å². The number of nitrogens with zero attached hydrogens (tertiary/aromatic N) is 3. The average molecular weight is 266 g/mol. The molecule has 0 saturated carbocycles. The number of ether oxygens (including phenoxy) is 1. The van der Waals surface area contributed by atoms with Crippen LogP contribution in [0.5, 0.6) is 0 Å². The summed E-state index contributed by atoms with van der Waals surface area (Å²) in [6.45, 7) is 3.10. The zero-order valence-corrected chi connectivity index (χ0v) is 11.3. The maximum absolute atomic E-state index is 4.96. The summed E-state index contributed by atoms with van der Waals surface area (Å²) in [4.78, 5) is 5.65. The van der Waals surface area contributed by atoms with E-state index in [1.54, 1.807) is 24.8 Å². The van der Waals surface area contributed by atoms with Crippen LogP contribution in [0.15, 0.2) is 23.8 Å². The fourth-order valence-corrected chi connectivity index (χ4v) is 2.27. The Bertz CT molecular complexity index is 441. The van der Waals surface area contributed by atoms with Crippen LogP contribution in [0, 0.1) is 0 Å². The van der Waals surface area contributed by atoms with Gasteiger partial charge in [-0.1, -0.05) is 6.07 Å². The molecule has 2 aromatic heterocycles. The van der Waals surface area contributed by atoms with E-state index in [4.69, 9.17) is 4.74 Å². The molecule has 0 spiro atoms. The van der Waals surface area contributed by atoms with E-state index in [0.29, 0.717) is 13.2 Å². The molecule has 0 bridgehead atoms. The Morgan fingerprint density at radius 1 is 1.50 bits per heavy atom. The minimum Gasteiger partial charge on any atom is -0.383 e. The third-order valence-corrected chi connectivity index (χ3v) is 3.45. The van der Waals surface area contributed by atoms with E-state index in [-0.39, 0.29) is 0 Å². The van der Waals surface area contributed by atoms with Crippen molar-refractivity contribution in [3.63, 3.8) is 0 Å². The monoisotopic (exact) mass is 266 g/mol. The summed E-state index contributed by atoms with van der Waals surface area (Å²) in [5.41, 5.74) is 0. The minimum atomic E-state index is 0.690. The van der Waals surface area contributed by atoms with E-state index in [9.17, 15) is 0 Å². The number of aryl methyl sites for hydroxylation is 2. The molecule has 0 atom stereocenters. The van der Waals surface area contributed by atoms with Gasteiger partial charge in [-0.05, 0) is 11.4 Å². The molecule has 0 fully saturated rings. The molecule has 0 aromatic carbocycles. The van der Waals surface area contributed by atoms with Crippen LogP contribution in [0.25, 0.3) is 0 Å². The number of aromatic nitrogens is 3. The molecule has 18 heavy (non-hydrogen) atoms. The number of methoxy groups -OCH3 is 1. The SMILES string of the molecule is COCCNCc1ncn(CCc2cccs2)n1. The van der Waals surface area contributed by atoms with Gasteiger partial charge in [0.25, 0.3) is 0 Å².